The lowest BCUT2D eigenvalue weighted by Crippen LogP contribution is -2.52. The van der Waals surface area contributed by atoms with Crippen LogP contribution in [0, 0.1) is 5.92 Å². The summed E-state index contributed by atoms with van der Waals surface area (Å²) in [6.45, 7) is 14.2. The van der Waals surface area contributed by atoms with Crippen LogP contribution in [0.4, 0.5) is 0 Å². The maximum Gasteiger partial charge on any atom is 0.0619 e. The van der Waals surface area contributed by atoms with Crippen LogP contribution in [0.3, 0.4) is 0 Å². The third-order valence-electron chi connectivity index (χ3n) is 3.29. The Morgan fingerprint density at radius 3 is 2.69 bits per heavy atom. The molecule has 0 bridgehead atoms. The Labute approximate surface area is 101 Å². The first-order chi connectivity index (χ1) is 7.65. The molecule has 1 saturated heterocycles. The van der Waals surface area contributed by atoms with Crippen LogP contribution >= 0.6 is 0 Å². The normalized spacial score (nSPS) is 24.9. The summed E-state index contributed by atoms with van der Waals surface area (Å²) in [6, 6.07) is 1.23. The van der Waals surface area contributed by atoms with E-state index < -0.39 is 0 Å². The van der Waals surface area contributed by atoms with Crippen LogP contribution in [-0.2, 0) is 4.74 Å². The Morgan fingerprint density at radius 1 is 1.38 bits per heavy atom. The number of hydrogen-bond acceptors (Lipinski definition) is 3. The average Bonchev–Trinajstić information content (AvgIpc) is 2.25. The highest BCUT2D eigenvalue weighted by molar-refractivity contribution is 4.80. The molecule has 2 atom stereocenters. The summed E-state index contributed by atoms with van der Waals surface area (Å²) >= 11 is 0. The molecule has 0 aliphatic carbocycles. The van der Waals surface area contributed by atoms with Gasteiger partial charge in [0.1, 0.15) is 0 Å². The first-order valence-electron chi connectivity index (χ1n) is 6.69. The molecular formula is C13H28N2O. The van der Waals surface area contributed by atoms with Crippen LogP contribution in [0.1, 0.15) is 34.1 Å². The van der Waals surface area contributed by atoms with Gasteiger partial charge in [-0.05, 0) is 25.8 Å². The van der Waals surface area contributed by atoms with Crippen LogP contribution in [0.25, 0.3) is 0 Å². The van der Waals surface area contributed by atoms with Gasteiger partial charge in [-0.2, -0.15) is 0 Å². The van der Waals surface area contributed by atoms with Crippen molar-refractivity contribution in [2.75, 3.05) is 32.8 Å². The van der Waals surface area contributed by atoms with E-state index in [1.165, 1.54) is 6.42 Å². The van der Waals surface area contributed by atoms with Crippen molar-refractivity contribution >= 4 is 0 Å². The summed E-state index contributed by atoms with van der Waals surface area (Å²) < 4.78 is 5.49. The van der Waals surface area contributed by atoms with Crippen LogP contribution in [0.2, 0.25) is 0 Å². The molecule has 0 aromatic heterocycles. The van der Waals surface area contributed by atoms with E-state index in [0.717, 1.165) is 38.8 Å². The van der Waals surface area contributed by atoms with Crippen LogP contribution < -0.4 is 5.32 Å². The van der Waals surface area contributed by atoms with Crippen LogP contribution in [-0.4, -0.2) is 49.8 Å². The van der Waals surface area contributed by atoms with Gasteiger partial charge >= 0.3 is 0 Å². The lowest BCUT2D eigenvalue weighted by atomic mass is 10.1. The molecule has 1 rings (SSSR count). The predicted octanol–water partition coefficient (Wildman–Crippen LogP) is 1.73. The molecule has 3 heteroatoms. The molecule has 1 heterocycles. The van der Waals surface area contributed by atoms with E-state index in [1.807, 2.05) is 0 Å². The topological polar surface area (TPSA) is 24.5 Å². The Hall–Kier alpha value is -0.120. The molecule has 0 saturated carbocycles. The highest BCUT2D eigenvalue weighted by Crippen LogP contribution is 2.12. The smallest absolute Gasteiger partial charge is 0.0619 e. The predicted molar refractivity (Wildman–Crippen MR) is 68.8 cm³/mol. The fourth-order valence-corrected chi connectivity index (χ4v) is 2.32. The molecular weight excluding hydrogens is 200 g/mol. The summed E-state index contributed by atoms with van der Waals surface area (Å²) in [4.78, 5) is 2.59. The second-order valence-corrected chi connectivity index (χ2v) is 5.28. The first-order valence-corrected chi connectivity index (χ1v) is 6.69. The number of hydrogen-bond donors (Lipinski definition) is 1. The summed E-state index contributed by atoms with van der Waals surface area (Å²) in [5.74, 6) is 0.736. The minimum absolute atomic E-state index is 0.569. The zero-order valence-corrected chi connectivity index (χ0v) is 11.3. The van der Waals surface area contributed by atoms with Gasteiger partial charge in [-0.1, -0.05) is 20.8 Å². The zero-order chi connectivity index (χ0) is 12.0. The lowest BCUT2D eigenvalue weighted by Gasteiger charge is -2.39. The van der Waals surface area contributed by atoms with E-state index in [1.54, 1.807) is 0 Å². The van der Waals surface area contributed by atoms with Gasteiger partial charge < -0.3 is 10.1 Å². The Morgan fingerprint density at radius 2 is 2.12 bits per heavy atom. The maximum absolute atomic E-state index is 5.49. The van der Waals surface area contributed by atoms with E-state index >= 15 is 0 Å². The van der Waals surface area contributed by atoms with Crippen molar-refractivity contribution in [1.82, 2.24) is 10.2 Å². The summed E-state index contributed by atoms with van der Waals surface area (Å²) in [5.41, 5.74) is 0. The van der Waals surface area contributed by atoms with Gasteiger partial charge in [-0.25, -0.2) is 0 Å². The highest BCUT2D eigenvalue weighted by atomic mass is 16.5. The van der Waals surface area contributed by atoms with Crippen molar-refractivity contribution in [3.05, 3.63) is 0 Å². The summed E-state index contributed by atoms with van der Waals surface area (Å²) in [5, 5.41) is 3.57. The minimum Gasteiger partial charge on any atom is -0.379 e. The van der Waals surface area contributed by atoms with Gasteiger partial charge in [0.2, 0.25) is 0 Å². The average molecular weight is 228 g/mol. The van der Waals surface area contributed by atoms with Crippen molar-refractivity contribution in [3.63, 3.8) is 0 Å². The highest BCUT2D eigenvalue weighted by Gasteiger charge is 2.24. The zero-order valence-electron chi connectivity index (χ0n) is 11.3. The SMILES string of the molecule is CCC(CNCC(C)C)N1CCOCC1C. The van der Waals surface area contributed by atoms with E-state index in [9.17, 15) is 0 Å². The largest absolute Gasteiger partial charge is 0.379 e. The molecule has 16 heavy (non-hydrogen) atoms. The van der Waals surface area contributed by atoms with E-state index in [0.29, 0.717) is 12.1 Å². The van der Waals surface area contributed by atoms with Gasteiger partial charge in [-0.15, -0.1) is 0 Å². The second kappa shape index (κ2) is 7.25. The third-order valence-corrected chi connectivity index (χ3v) is 3.29. The molecule has 3 nitrogen and oxygen atoms in total. The molecule has 96 valence electrons. The molecule has 0 aromatic carbocycles. The Kier molecular flexibility index (Phi) is 6.32. The van der Waals surface area contributed by atoms with Crippen molar-refractivity contribution in [2.45, 2.75) is 46.2 Å². The lowest BCUT2D eigenvalue weighted by molar-refractivity contribution is -0.0225. The van der Waals surface area contributed by atoms with Crippen molar-refractivity contribution in [3.8, 4) is 0 Å². The Balaban J connectivity index is 2.33. The molecule has 1 aliphatic heterocycles. The van der Waals surface area contributed by atoms with Crippen molar-refractivity contribution < 1.29 is 4.74 Å². The monoisotopic (exact) mass is 228 g/mol. The first kappa shape index (κ1) is 13.9. The van der Waals surface area contributed by atoms with Crippen molar-refractivity contribution in [2.24, 2.45) is 5.92 Å². The maximum atomic E-state index is 5.49. The molecule has 1 fully saturated rings. The van der Waals surface area contributed by atoms with Gasteiger partial charge in [0.25, 0.3) is 0 Å². The van der Waals surface area contributed by atoms with Crippen molar-refractivity contribution in [1.29, 1.82) is 0 Å². The van der Waals surface area contributed by atoms with Crippen LogP contribution in [0.5, 0.6) is 0 Å². The van der Waals surface area contributed by atoms with Gasteiger partial charge in [0.15, 0.2) is 0 Å². The standard InChI is InChI=1S/C13H28N2O/c1-5-13(9-14-8-11(2)3)15-6-7-16-10-12(15)4/h11-14H,5-10H2,1-4H3. The molecule has 0 aromatic rings. The van der Waals surface area contributed by atoms with E-state index in [2.05, 4.69) is 37.9 Å². The second-order valence-electron chi connectivity index (χ2n) is 5.28. The molecule has 1 N–H and O–H groups in total. The number of rotatable bonds is 6. The third kappa shape index (κ3) is 4.40. The van der Waals surface area contributed by atoms with E-state index in [-0.39, 0.29) is 0 Å². The van der Waals surface area contributed by atoms with Crippen LogP contribution in [0.15, 0.2) is 0 Å². The summed E-state index contributed by atoms with van der Waals surface area (Å²) in [7, 11) is 0. The van der Waals surface area contributed by atoms with E-state index in [4.69, 9.17) is 4.74 Å². The molecule has 1 aliphatic rings. The minimum atomic E-state index is 0.569. The Bertz CT molecular complexity index is 185. The number of nitrogens with zero attached hydrogens (tertiary/aromatic N) is 1. The molecule has 0 amide bonds. The van der Waals surface area contributed by atoms with Gasteiger partial charge in [0.05, 0.1) is 13.2 Å². The molecule has 0 spiro atoms. The molecule has 2 unspecified atom stereocenters. The quantitative estimate of drug-likeness (QED) is 0.749. The number of nitrogens with one attached hydrogen (secondary N) is 1. The fourth-order valence-electron chi connectivity index (χ4n) is 2.32. The van der Waals surface area contributed by atoms with Gasteiger partial charge in [-0.3, -0.25) is 4.90 Å². The van der Waals surface area contributed by atoms with Gasteiger partial charge in [0, 0.05) is 25.2 Å². The molecule has 0 radical (unpaired) electrons. The number of morpholine rings is 1. The number of ether oxygens (including phenoxy) is 1. The fraction of sp³-hybridized carbons (Fsp3) is 1.00. The summed E-state index contributed by atoms with van der Waals surface area (Å²) in [6.07, 6.45) is 1.22.